The molecule has 0 bridgehead atoms. The van der Waals surface area contributed by atoms with Gasteiger partial charge in [-0.3, -0.25) is 4.98 Å². The Labute approximate surface area is 649 Å². The van der Waals surface area contributed by atoms with Gasteiger partial charge in [0.1, 0.15) is 104 Å². The summed E-state index contributed by atoms with van der Waals surface area (Å²) < 4.78 is 37.5. The van der Waals surface area contributed by atoms with Gasteiger partial charge >= 0.3 is 35.8 Å². The minimum absolute atomic E-state index is 0.179. The maximum atomic E-state index is 11.8. The number of hydrogen-bond donors (Lipinski definition) is 1. The Morgan fingerprint density at radius 3 is 0.867 bits per heavy atom. The van der Waals surface area contributed by atoms with Crippen LogP contribution >= 0.6 is 45.3 Å². The summed E-state index contributed by atoms with van der Waals surface area (Å²) in [7, 11) is 12.4. The summed E-state index contributed by atoms with van der Waals surface area (Å²) in [5.74, 6) is -1.31. The van der Waals surface area contributed by atoms with E-state index in [2.05, 4.69) is 135 Å². The van der Waals surface area contributed by atoms with Gasteiger partial charge in [-0.05, 0) is 150 Å². The van der Waals surface area contributed by atoms with Gasteiger partial charge in [-0.15, -0.1) is 45.3 Å². The van der Waals surface area contributed by atoms with Crippen molar-refractivity contribution in [1.82, 2.24) is 9.97 Å². The summed E-state index contributed by atoms with van der Waals surface area (Å²) in [6.45, 7) is 48.5. The Hall–Kier alpha value is -6.19. The second-order valence-corrected chi connectivity index (χ2v) is 32.1. The van der Waals surface area contributed by atoms with E-state index in [9.17, 15) is 28.8 Å². The minimum atomic E-state index is -0.286. The van der Waals surface area contributed by atoms with Crippen molar-refractivity contribution in [3.63, 3.8) is 0 Å². The highest BCUT2D eigenvalue weighted by molar-refractivity contribution is 7.12. The molecule has 6 aromatic heterocycles. The van der Waals surface area contributed by atoms with Crippen LogP contribution in [0, 0.1) is 0 Å². The molecule has 0 saturated heterocycles. The molecule has 592 valence electrons. The van der Waals surface area contributed by atoms with Crippen LogP contribution in [0.2, 0.25) is 0 Å². The molecule has 0 saturated carbocycles. The van der Waals surface area contributed by atoms with Crippen LogP contribution in [0.1, 0.15) is 194 Å². The molecule has 0 amide bonds. The van der Waals surface area contributed by atoms with Crippen LogP contribution in [-0.2, 0) is 28.4 Å². The first-order valence-electron chi connectivity index (χ1n) is 38.4. The van der Waals surface area contributed by atoms with Crippen molar-refractivity contribution in [3.8, 4) is 0 Å². The Morgan fingerprint density at radius 2 is 0.610 bits per heavy atom. The summed E-state index contributed by atoms with van der Waals surface area (Å²) >= 11 is 5.71. The number of carbonyl (C=O) groups is 6. The lowest BCUT2D eigenvalue weighted by molar-refractivity contribution is -0.926. The number of likely N-dealkylation sites (N-methyl/N-ethyl adjacent to an activating group) is 6. The van der Waals surface area contributed by atoms with E-state index in [0.29, 0.717) is 70.4 Å². The molecule has 0 aliphatic heterocycles. The molecule has 0 spiro atoms. The van der Waals surface area contributed by atoms with Gasteiger partial charge in [0.15, 0.2) is 0 Å². The average molecular weight is 1540 g/mol. The monoisotopic (exact) mass is 1540 g/mol. The summed E-state index contributed by atoms with van der Waals surface area (Å²) in [6, 6.07) is 21.5. The van der Waals surface area contributed by atoms with Crippen LogP contribution in [0.4, 0.5) is 0 Å². The molecule has 1 N–H and O–H groups in total. The van der Waals surface area contributed by atoms with Gasteiger partial charge in [0, 0.05) is 18.6 Å². The number of carbonyl (C=O) groups excluding carboxylic acids is 6. The van der Waals surface area contributed by atoms with Gasteiger partial charge in [0.2, 0.25) is 0 Å². The van der Waals surface area contributed by atoms with E-state index in [-0.39, 0.29) is 35.8 Å². The molecule has 20 nitrogen and oxygen atoms in total. The lowest BCUT2D eigenvalue weighted by atomic mass is 10.2. The Balaban J connectivity index is 0.000000633. The second kappa shape index (κ2) is 55.2. The van der Waals surface area contributed by atoms with Gasteiger partial charge in [0.05, 0.1) is 126 Å². The van der Waals surface area contributed by atoms with Crippen LogP contribution < -0.4 is 0 Å². The molecule has 6 heterocycles. The molecular formula is C81H138N8O12S4+6. The van der Waals surface area contributed by atoms with Crippen molar-refractivity contribution < 1.29 is 84.1 Å². The van der Waals surface area contributed by atoms with E-state index in [1.54, 1.807) is 55.0 Å². The predicted octanol–water partition coefficient (Wildman–Crippen LogP) is 16.1. The first kappa shape index (κ1) is 96.8. The number of unbranched alkanes of at least 4 members (excludes halogenated alkanes) is 2. The van der Waals surface area contributed by atoms with Crippen molar-refractivity contribution in [1.29, 1.82) is 0 Å². The summed E-state index contributed by atoms with van der Waals surface area (Å²) in [4.78, 5) is 79.4. The molecule has 0 aliphatic rings. The fourth-order valence-electron chi connectivity index (χ4n) is 11.6. The number of thiophene rings is 4. The Kier molecular flexibility index (Phi) is 50.9. The van der Waals surface area contributed by atoms with Gasteiger partial charge in [-0.25, -0.2) is 28.8 Å². The highest BCUT2D eigenvalue weighted by Gasteiger charge is 2.28. The van der Waals surface area contributed by atoms with Crippen LogP contribution in [0.25, 0.3) is 0 Å². The Bertz CT molecular complexity index is 3050. The lowest BCUT2D eigenvalue weighted by Crippen LogP contribution is -2.51. The van der Waals surface area contributed by atoms with Crippen molar-refractivity contribution in [3.05, 3.63) is 144 Å². The third-order valence-corrected chi connectivity index (χ3v) is 22.0. The molecule has 0 radical (unpaired) electrons. The number of aromatic amines is 1. The molecule has 0 aliphatic carbocycles. The molecule has 24 heteroatoms. The number of aromatic nitrogens is 2. The number of esters is 6. The lowest BCUT2D eigenvalue weighted by Gasteiger charge is -2.37. The second-order valence-electron chi connectivity index (χ2n) is 28.3. The smallest absolute Gasteiger partial charge is 0.354 e. The fourth-order valence-corrected chi connectivity index (χ4v) is 14.0. The molecule has 6 aromatic rings. The van der Waals surface area contributed by atoms with Gasteiger partial charge in [-0.1, -0.05) is 78.6 Å². The number of hydrogen-bond acceptors (Lipinski definition) is 17. The van der Waals surface area contributed by atoms with Crippen LogP contribution in [0.3, 0.4) is 0 Å². The van der Waals surface area contributed by atoms with Crippen molar-refractivity contribution in [2.75, 3.05) is 200 Å². The average Bonchev–Trinajstić information content (AvgIpc) is 1.76. The summed E-state index contributed by atoms with van der Waals surface area (Å²) in [6.07, 6.45) is 14.5. The fraction of sp³-hybridized carbons (Fsp3) is 0.617. The number of quaternary nitrogens is 6. The number of ether oxygens (including phenoxy) is 6. The van der Waals surface area contributed by atoms with Crippen molar-refractivity contribution >= 4 is 81.2 Å². The molecule has 105 heavy (non-hydrogen) atoms. The van der Waals surface area contributed by atoms with E-state index in [0.717, 1.165) is 112 Å². The first-order valence-corrected chi connectivity index (χ1v) is 41.9. The highest BCUT2D eigenvalue weighted by atomic mass is 32.1. The molecule has 2 atom stereocenters. The first-order chi connectivity index (χ1) is 50.2. The van der Waals surface area contributed by atoms with E-state index in [1.807, 2.05) is 57.9 Å². The summed E-state index contributed by atoms with van der Waals surface area (Å²) in [5.41, 5.74) is 1.08. The topological polar surface area (TPSA) is 186 Å². The van der Waals surface area contributed by atoms with Gasteiger partial charge < -0.3 is 60.3 Å². The van der Waals surface area contributed by atoms with Crippen LogP contribution in [0.15, 0.2) is 113 Å². The van der Waals surface area contributed by atoms with Crippen LogP contribution in [-0.4, -0.2) is 272 Å². The largest absolute Gasteiger partial charge is 0.456 e. The van der Waals surface area contributed by atoms with E-state index >= 15 is 0 Å². The molecular weight excluding hydrogens is 1410 g/mol. The normalized spacial score (nSPS) is 12.4. The maximum Gasteiger partial charge on any atom is 0.354 e. The number of nitrogens with zero attached hydrogens (tertiary/aromatic N) is 7. The van der Waals surface area contributed by atoms with Crippen LogP contribution in [0.5, 0.6) is 0 Å². The van der Waals surface area contributed by atoms with Crippen molar-refractivity contribution in [2.24, 2.45) is 0 Å². The predicted molar refractivity (Wildman–Crippen MR) is 434 cm³/mol. The molecule has 0 aromatic carbocycles. The van der Waals surface area contributed by atoms with E-state index in [1.165, 1.54) is 129 Å². The van der Waals surface area contributed by atoms with Gasteiger partial charge in [0.25, 0.3) is 0 Å². The highest BCUT2D eigenvalue weighted by Crippen LogP contribution is 2.18. The zero-order valence-corrected chi connectivity index (χ0v) is 71.0. The standard InChI is InChI=1S/C16H28N2O2.C16H28NO2S.C15H26NO2S.C13H22NO2S.C11H17N2O2.C10H16NO2S/c1-4-7-12-18(6-3,11-5-2)13-14-20-16(19)15-9-8-10-17-15;1-4-7-11-17(6-3,10-5-2)12-13-19-16(18)15-9-8-14-20-15;1-4-9-16(6-3,10-5-2)11-12-18-15(17)14-8-7-13-19-14;1-4-14(5-2,6-3)9-10-16-13(15)12-8-7-11-17-12;1-13(2,3)8-9-15-11(14)10-4-6-12-7-5-10;1-11(2,3)6-7-13-10(12)9-5-4-8-14-9/h8-10H,4-7,11-14H2,1-3H3;8-9,14H,4-7,10-13H2,1-3H3;7-8,13H,4-6,9-12H2,1-3H3;7-8,11H,4-6,9-10H2,1-3H3;4-7H,8-9H2,1-3H3;4-5,8H,6-7H2,1-3H3/q;5*+1/p+1. The Morgan fingerprint density at radius 1 is 0.324 bits per heavy atom. The number of H-pyrrole nitrogens is 1. The molecule has 6 rings (SSSR count). The van der Waals surface area contributed by atoms with Gasteiger partial charge in [-0.2, -0.15) is 0 Å². The number of nitrogens with one attached hydrogen (secondary N) is 1. The minimum Gasteiger partial charge on any atom is -0.456 e. The van der Waals surface area contributed by atoms with Crippen molar-refractivity contribution in [2.45, 2.75) is 134 Å². The quantitative estimate of drug-likeness (QED) is 0.0216. The third kappa shape index (κ3) is 41.7. The number of rotatable bonds is 44. The summed E-state index contributed by atoms with van der Waals surface area (Å²) in [5, 5.41) is 7.57. The SMILES string of the molecule is CCCC[N+](CC)(CCC)CCOC(=O)c1ccc[nH]1.CCCC[N+](CC)(CCC)CCOC(=O)c1cccs1.CCC[N+](CC)(CCC)CCOC(=O)c1cccs1.CC[N+](CC)(CC)CCOC(=O)c1cccs1.C[N+](C)(C)CCOC(=O)c1cccs1.C[N+](C)(C)CCOC(=O)c1ccncc1. The molecule has 0 fully saturated rings. The van der Waals surface area contributed by atoms with E-state index in [4.69, 9.17) is 28.4 Å². The van der Waals surface area contributed by atoms with E-state index < -0.39 is 0 Å². The zero-order valence-electron chi connectivity index (χ0n) is 67.8. The molecule has 2 unspecified atom stereocenters. The third-order valence-electron chi connectivity index (χ3n) is 18.6. The maximum absolute atomic E-state index is 11.8. The zero-order chi connectivity index (χ0) is 78.5. The number of pyridine rings is 1.